The maximum Gasteiger partial charge on any atom is 0.113 e. The molecule has 0 saturated carbocycles. The summed E-state index contributed by atoms with van der Waals surface area (Å²) in [7, 11) is 0. The molecule has 2 heteroatoms. The number of unbranched alkanes of at least 4 members (excludes halogenated alkanes) is 1. The summed E-state index contributed by atoms with van der Waals surface area (Å²) in [4.78, 5) is 0. The first-order valence-electron chi connectivity index (χ1n) is 2.91. The molecule has 1 nitrogen and oxygen atoms in total. The summed E-state index contributed by atoms with van der Waals surface area (Å²) in [6, 6.07) is 0. The maximum absolute atomic E-state index is 11.3. The van der Waals surface area contributed by atoms with Crippen LogP contribution in [0.4, 0.5) is 4.39 Å². The van der Waals surface area contributed by atoms with Crippen molar-refractivity contribution in [3.8, 4) is 0 Å². The quantitative estimate of drug-likeness (QED) is 0.502. The molecule has 0 saturated heterocycles. The summed E-state index contributed by atoms with van der Waals surface area (Å²) in [5.74, 6) is 0. The number of alkyl halides is 1. The van der Waals surface area contributed by atoms with Crippen LogP contribution in [0.25, 0.3) is 0 Å². The van der Waals surface area contributed by atoms with Crippen LogP contribution in [0.5, 0.6) is 0 Å². The lowest BCUT2D eigenvalue weighted by molar-refractivity contribution is 0.170. The van der Waals surface area contributed by atoms with Crippen LogP contribution in [-0.2, 0) is 4.74 Å². The van der Waals surface area contributed by atoms with Gasteiger partial charge in [0, 0.05) is 0 Å². The van der Waals surface area contributed by atoms with Crippen LogP contribution in [0.2, 0.25) is 0 Å². The first kappa shape index (κ1) is 7.89. The van der Waals surface area contributed by atoms with Gasteiger partial charge in [-0.1, -0.05) is 13.3 Å². The molecule has 0 fully saturated rings. The van der Waals surface area contributed by atoms with Gasteiger partial charge in [0.1, 0.15) is 6.67 Å². The summed E-state index contributed by atoms with van der Waals surface area (Å²) >= 11 is 0. The normalized spacial score (nSPS) is 9.75. The van der Waals surface area contributed by atoms with Crippen LogP contribution in [0, 0.1) is 6.61 Å². The van der Waals surface area contributed by atoms with Crippen molar-refractivity contribution in [1.29, 1.82) is 0 Å². The second-order valence-electron chi connectivity index (χ2n) is 1.52. The molecule has 0 heterocycles. The Hall–Kier alpha value is -0.110. The van der Waals surface area contributed by atoms with Crippen LogP contribution in [0.3, 0.4) is 0 Å². The molecule has 0 unspecified atom stereocenters. The molecular weight excluding hydrogens is 107 g/mol. The summed E-state index contributed by atoms with van der Waals surface area (Å²) in [5, 5.41) is 0. The van der Waals surface area contributed by atoms with Crippen LogP contribution in [-0.4, -0.2) is 13.3 Å². The maximum atomic E-state index is 11.3. The van der Waals surface area contributed by atoms with E-state index in [1.807, 2.05) is 0 Å². The first-order valence-corrected chi connectivity index (χ1v) is 2.91. The Morgan fingerprint density at radius 2 is 2.38 bits per heavy atom. The summed E-state index contributed by atoms with van der Waals surface area (Å²) in [5.41, 5.74) is 0. The average Bonchev–Trinajstić information content (AvgIpc) is 1.81. The predicted octanol–water partition coefficient (Wildman–Crippen LogP) is 1.93. The van der Waals surface area contributed by atoms with Gasteiger partial charge in [0.15, 0.2) is 0 Å². The number of halogens is 1. The lowest BCUT2D eigenvalue weighted by atomic mass is 10.4. The smallest absolute Gasteiger partial charge is 0.113 e. The zero-order valence-electron chi connectivity index (χ0n) is 5.19. The summed E-state index contributed by atoms with van der Waals surface area (Å²) < 4.78 is 16.0. The van der Waals surface area contributed by atoms with Crippen molar-refractivity contribution in [2.24, 2.45) is 0 Å². The van der Waals surface area contributed by atoms with Gasteiger partial charge in [-0.15, -0.1) is 0 Å². The minimum atomic E-state index is -0.389. The molecule has 49 valence electrons. The second kappa shape index (κ2) is 6.89. The van der Waals surface area contributed by atoms with E-state index in [-0.39, 0.29) is 13.3 Å². The van der Waals surface area contributed by atoms with E-state index in [0.717, 1.165) is 12.8 Å². The fraction of sp³-hybridized carbons (Fsp3) is 0.833. The largest absolute Gasteiger partial charge is 0.373 e. The van der Waals surface area contributed by atoms with Crippen molar-refractivity contribution in [2.75, 3.05) is 13.3 Å². The molecule has 8 heavy (non-hydrogen) atoms. The molecule has 0 aromatic heterocycles. The molecule has 0 rings (SSSR count). The minimum Gasteiger partial charge on any atom is -0.373 e. The topological polar surface area (TPSA) is 9.23 Å². The predicted molar refractivity (Wildman–Crippen MR) is 31.1 cm³/mol. The number of rotatable bonds is 5. The molecule has 0 aromatic rings. The molecule has 0 aromatic carbocycles. The van der Waals surface area contributed by atoms with Gasteiger partial charge >= 0.3 is 0 Å². The SMILES string of the molecule is CCC[CH]OCCF. The van der Waals surface area contributed by atoms with Gasteiger partial charge in [-0.3, -0.25) is 0 Å². The highest BCUT2D eigenvalue weighted by atomic mass is 19.1. The van der Waals surface area contributed by atoms with E-state index in [0.29, 0.717) is 0 Å². The van der Waals surface area contributed by atoms with Gasteiger partial charge < -0.3 is 4.74 Å². The Morgan fingerprint density at radius 1 is 1.62 bits per heavy atom. The van der Waals surface area contributed by atoms with Crippen molar-refractivity contribution >= 4 is 0 Å². The molecule has 0 atom stereocenters. The third-order valence-electron chi connectivity index (χ3n) is 0.719. The Kier molecular flexibility index (Phi) is 6.80. The van der Waals surface area contributed by atoms with Gasteiger partial charge in [0.2, 0.25) is 0 Å². The molecule has 0 aliphatic carbocycles. The van der Waals surface area contributed by atoms with Crippen molar-refractivity contribution in [2.45, 2.75) is 19.8 Å². The van der Waals surface area contributed by atoms with Crippen LogP contribution in [0.1, 0.15) is 19.8 Å². The second-order valence-corrected chi connectivity index (χ2v) is 1.52. The van der Waals surface area contributed by atoms with E-state index in [1.54, 1.807) is 6.61 Å². The van der Waals surface area contributed by atoms with Gasteiger partial charge in [-0.25, -0.2) is 4.39 Å². The first-order chi connectivity index (χ1) is 3.91. The number of ether oxygens (including phenoxy) is 1. The van der Waals surface area contributed by atoms with E-state index >= 15 is 0 Å². The van der Waals surface area contributed by atoms with Gasteiger partial charge in [-0.05, 0) is 6.42 Å². The molecule has 0 N–H and O–H groups in total. The molecule has 0 aliphatic rings. The average molecular weight is 119 g/mol. The lowest BCUT2D eigenvalue weighted by Crippen LogP contribution is -1.91. The van der Waals surface area contributed by atoms with Crippen molar-refractivity contribution in [1.82, 2.24) is 0 Å². The summed E-state index contributed by atoms with van der Waals surface area (Å²) in [6.07, 6.45) is 1.98. The zero-order valence-corrected chi connectivity index (χ0v) is 5.19. The van der Waals surface area contributed by atoms with Crippen LogP contribution in [0.15, 0.2) is 0 Å². The fourth-order valence-corrected chi connectivity index (χ4v) is 0.329. The highest BCUT2D eigenvalue weighted by molar-refractivity contribution is 4.46. The molecular formula is C6H12FO. The van der Waals surface area contributed by atoms with Crippen molar-refractivity contribution < 1.29 is 9.13 Å². The van der Waals surface area contributed by atoms with E-state index in [9.17, 15) is 4.39 Å². The highest BCUT2D eigenvalue weighted by Crippen LogP contribution is 1.92. The van der Waals surface area contributed by atoms with Crippen molar-refractivity contribution in [3.63, 3.8) is 0 Å². The Balaban J connectivity index is 2.53. The van der Waals surface area contributed by atoms with Gasteiger partial charge in [0.05, 0.1) is 13.2 Å². The standard InChI is InChI=1S/C6H12FO/c1-2-3-5-8-6-4-7/h5H,2-4,6H2,1H3. The summed E-state index contributed by atoms with van der Waals surface area (Å²) in [6.45, 7) is 3.52. The van der Waals surface area contributed by atoms with Gasteiger partial charge in [-0.2, -0.15) is 0 Å². The van der Waals surface area contributed by atoms with E-state index in [1.165, 1.54) is 0 Å². The number of hydrogen-bond acceptors (Lipinski definition) is 1. The van der Waals surface area contributed by atoms with E-state index in [4.69, 9.17) is 4.74 Å². The zero-order chi connectivity index (χ0) is 6.24. The molecule has 0 bridgehead atoms. The Morgan fingerprint density at radius 3 is 2.88 bits per heavy atom. The molecule has 0 aliphatic heterocycles. The molecule has 0 spiro atoms. The lowest BCUT2D eigenvalue weighted by Gasteiger charge is -1.95. The fourth-order valence-electron chi connectivity index (χ4n) is 0.329. The van der Waals surface area contributed by atoms with Gasteiger partial charge in [0.25, 0.3) is 0 Å². The molecule has 0 amide bonds. The van der Waals surface area contributed by atoms with E-state index < -0.39 is 0 Å². The number of hydrogen-bond donors (Lipinski definition) is 0. The van der Waals surface area contributed by atoms with Crippen LogP contribution >= 0.6 is 0 Å². The highest BCUT2D eigenvalue weighted by Gasteiger charge is 1.84. The third kappa shape index (κ3) is 5.89. The minimum absolute atomic E-state index is 0.208. The Labute approximate surface area is 49.8 Å². The Bertz CT molecular complexity index is 33.5. The third-order valence-corrected chi connectivity index (χ3v) is 0.719. The molecule has 1 radical (unpaired) electrons. The van der Waals surface area contributed by atoms with Crippen LogP contribution < -0.4 is 0 Å². The van der Waals surface area contributed by atoms with E-state index in [2.05, 4.69) is 6.92 Å². The monoisotopic (exact) mass is 119 g/mol. The van der Waals surface area contributed by atoms with Crippen molar-refractivity contribution in [3.05, 3.63) is 6.61 Å².